The van der Waals surface area contributed by atoms with Crippen molar-refractivity contribution in [2.24, 2.45) is 0 Å². The lowest BCUT2D eigenvalue weighted by Crippen LogP contribution is -2.18. The van der Waals surface area contributed by atoms with Crippen LogP contribution in [0.1, 0.15) is 84.5 Å². The Labute approximate surface area is 124 Å². The van der Waals surface area contributed by atoms with E-state index in [0.717, 1.165) is 25.7 Å². The van der Waals surface area contributed by atoms with Crippen LogP contribution < -0.4 is 0 Å². The molecule has 0 heterocycles. The van der Waals surface area contributed by atoms with Gasteiger partial charge in [-0.1, -0.05) is 65.2 Å². The van der Waals surface area contributed by atoms with Gasteiger partial charge >= 0.3 is 5.97 Å². The molecule has 3 heteroatoms. The highest BCUT2D eigenvalue weighted by Gasteiger charge is 2.12. The Kier molecular flexibility index (Phi) is 14.0. The topological polar surface area (TPSA) is 26.3 Å². The van der Waals surface area contributed by atoms with E-state index < -0.39 is 0 Å². The molecule has 0 aromatic heterocycles. The molecule has 0 saturated heterocycles. The zero-order chi connectivity index (χ0) is 14.3. The number of carbonyl (C=O) groups is 1. The number of hydrogen-bond donors (Lipinski definition) is 0. The van der Waals surface area contributed by atoms with Gasteiger partial charge in [0.25, 0.3) is 0 Å². The molecule has 114 valence electrons. The lowest BCUT2D eigenvalue weighted by Gasteiger charge is -2.16. The monoisotopic (exact) mass is 290 g/mol. The van der Waals surface area contributed by atoms with Gasteiger partial charge in [0.05, 0.1) is 0 Å². The van der Waals surface area contributed by atoms with Gasteiger partial charge in [0, 0.05) is 0 Å². The molecule has 0 aliphatic rings. The van der Waals surface area contributed by atoms with E-state index in [-0.39, 0.29) is 18.0 Å². The van der Waals surface area contributed by atoms with Crippen LogP contribution in [0.4, 0.5) is 0 Å². The van der Waals surface area contributed by atoms with Crippen LogP contribution in [0.2, 0.25) is 0 Å². The fraction of sp³-hybridized carbons (Fsp3) is 0.938. The first-order valence-corrected chi connectivity index (χ1v) is 8.53. The highest BCUT2D eigenvalue weighted by molar-refractivity contribution is 6.26. The quantitative estimate of drug-likeness (QED) is 0.255. The number of carbonyl (C=O) groups excluding carboxylic acids is 1. The summed E-state index contributed by atoms with van der Waals surface area (Å²) in [5, 5.41) is 0. The van der Waals surface area contributed by atoms with Crippen LogP contribution in [0.5, 0.6) is 0 Å². The number of unbranched alkanes of at least 4 members (excludes halogenated alkanes) is 7. The minimum absolute atomic E-state index is 0.0301. The Morgan fingerprint density at radius 1 is 0.895 bits per heavy atom. The van der Waals surface area contributed by atoms with Crippen LogP contribution >= 0.6 is 11.6 Å². The normalized spacial score (nSPS) is 12.4. The smallest absolute Gasteiger partial charge is 0.321 e. The summed E-state index contributed by atoms with van der Waals surface area (Å²) in [7, 11) is 0. The Bertz CT molecular complexity index is 207. The molecule has 0 aromatic rings. The third-order valence-corrected chi connectivity index (χ3v) is 3.62. The molecule has 19 heavy (non-hydrogen) atoms. The minimum atomic E-state index is -0.278. The molecular weight excluding hydrogens is 260 g/mol. The molecule has 0 aliphatic heterocycles. The van der Waals surface area contributed by atoms with Crippen LogP contribution in [0.3, 0.4) is 0 Å². The van der Waals surface area contributed by atoms with Crippen molar-refractivity contribution in [3.8, 4) is 0 Å². The van der Waals surface area contributed by atoms with Crippen molar-refractivity contribution >= 4 is 17.6 Å². The number of hydrogen-bond acceptors (Lipinski definition) is 2. The van der Waals surface area contributed by atoms with E-state index in [4.69, 9.17) is 16.3 Å². The molecule has 0 N–H and O–H groups in total. The van der Waals surface area contributed by atoms with Crippen molar-refractivity contribution in [3.63, 3.8) is 0 Å². The molecule has 0 radical (unpaired) electrons. The summed E-state index contributed by atoms with van der Waals surface area (Å²) in [6.07, 6.45) is 13.6. The van der Waals surface area contributed by atoms with E-state index in [9.17, 15) is 4.79 Å². The third kappa shape index (κ3) is 12.5. The van der Waals surface area contributed by atoms with Crippen molar-refractivity contribution in [1.29, 1.82) is 0 Å². The summed E-state index contributed by atoms with van der Waals surface area (Å²) in [5.74, 6) is -0.308. The summed E-state index contributed by atoms with van der Waals surface area (Å²) in [6, 6.07) is 0. The summed E-state index contributed by atoms with van der Waals surface area (Å²) < 4.78 is 5.33. The van der Waals surface area contributed by atoms with Crippen LogP contribution in [0, 0.1) is 0 Å². The van der Waals surface area contributed by atoms with Gasteiger partial charge in [-0.2, -0.15) is 0 Å². The van der Waals surface area contributed by atoms with Crippen LogP contribution in [-0.4, -0.2) is 18.0 Å². The van der Waals surface area contributed by atoms with Gasteiger partial charge in [0.1, 0.15) is 12.0 Å². The Morgan fingerprint density at radius 2 is 1.47 bits per heavy atom. The highest BCUT2D eigenvalue weighted by Crippen LogP contribution is 2.15. The van der Waals surface area contributed by atoms with Crippen LogP contribution in [0.15, 0.2) is 0 Å². The van der Waals surface area contributed by atoms with Gasteiger partial charge in [-0.15, -0.1) is 11.6 Å². The standard InChI is InChI=1S/C16H31ClO2/c1-3-5-6-7-8-9-10-11-13-15(12-4-2)19-16(18)14-17/h15H,3-14H2,1-2H3. The van der Waals surface area contributed by atoms with E-state index in [1.54, 1.807) is 0 Å². The molecule has 0 spiro atoms. The summed E-state index contributed by atoms with van der Waals surface area (Å²) in [5.41, 5.74) is 0. The van der Waals surface area contributed by atoms with E-state index in [2.05, 4.69) is 13.8 Å². The first kappa shape index (κ1) is 18.8. The van der Waals surface area contributed by atoms with E-state index in [1.807, 2.05) is 0 Å². The zero-order valence-electron chi connectivity index (χ0n) is 12.8. The fourth-order valence-corrected chi connectivity index (χ4v) is 2.37. The van der Waals surface area contributed by atoms with E-state index in [1.165, 1.54) is 44.9 Å². The van der Waals surface area contributed by atoms with Gasteiger partial charge < -0.3 is 4.74 Å². The number of halogens is 1. The average molecular weight is 291 g/mol. The van der Waals surface area contributed by atoms with Crippen molar-refractivity contribution in [2.75, 3.05) is 5.88 Å². The number of esters is 1. The zero-order valence-corrected chi connectivity index (χ0v) is 13.5. The lowest BCUT2D eigenvalue weighted by molar-refractivity contribution is -0.146. The second-order valence-corrected chi connectivity index (χ2v) is 5.56. The SMILES string of the molecule is CCCCCCCCCCC(CCC)OC(=O)CCl. The molecule has 0 amide bonds. The van der Waals surface area contributed by atoms with E-state index in [0.29, 0.717) is 0 Å². The Hall–Kier alpha value is -0.240. The van der Waals surface area contributed by atoms with Crippen molar-refractivity contribution in [3.05, 3.63) is 0 Å². The molecule has 0 aliphatic carbocycles. The minimum Gasteiger partial charge on any atom is -0.461 e. The largest absolute Gasteiger partial charge is 0.461 e. The highest BCUT2D eigenvalue weighted by atomic mass is 35.5. The fourth-order valence-electron chi connectivity index (χ4n) is 2.31. The van der Waals surface area contributed by atoms with Gasteiger partial charge in [0.15, 0.2) is 0 Å². The second-order valence-electron chi connectivity index (χ2n) is 5.30. The molecule has 0 bridgehead atoms. The second kappa shape index (κ2) is 14.2. The molecule has 1 unspecified atom stereocenters. The van der Waals surface area contributed by atoms with Crippen LogP contribution in [-0.2, 0) is 9.53 Å². The molecule has 0 saturated carbocycles. The lowest BCUT2D eigenvalue weighted by atomic mass is 10.0. The predicted octanol–water partition coefficient (Wildman–Crippen LogP) is 5.47. The maximum absolute atomic E-state index is 11.2. The molecule has 2 nitrogen and oxygen atoms in total. The maximum atomic E-state index is 11.2. The summed E-state index contributed by atoms with van der Waals surface area (Å²) in [6.45, 7) is 4.37. The van der Waals surface area contributed by atoms with Crippen molar-refractivity contribution in [2.45, 2.75) is 90.6 Å². The molecule has 0 aromatic carbocycles. The van der Waals surface area contributed by atoms with E-state index >= 15 is 0 Å². The van der Waals surface area contributed by atoms with Gasteiger partial charge in [-0.25, -0.2) is 0 Å². The third-order valence-electron chi connectivity index (χ3n) is 3.40. The molecule has 0 fully saturated rings. The van der Waals surface area contributed by atoms with Crippen molar-refractivity contribution in [1.82, 2.24) is 0 Å². The Balaban J connectivity index is 3.50. The number of alkyl halides is 1. The maximum Gasteiger partial charge on any atom is 0.321 e. The van der Waals surface area contributed by atoms with Gasteiger partial charge in [0.2, 0.25) is 0 Å². The molecule has 0 rings (SSSR count). The first-order chi connectivity index (χ1) is 9.24. The number of ether oxygens (including phenoxy) is 1. The van der Waals surface area contributed by atoms with Crippen molar-refractivity contribution < 1.29 is 9.53 Å². The molecule has 1 atom stereocenters. The van der Waals surface area contributed by atoms with Gasteiger partial charge in [-0.3, -0.25) is 4.79 Å². The first-order valence-electron chi connectivity index (χ1n) is 8.00. The predicted molar refractivity (Wildman–Crippen MR) is 82.7 cm³/mol. The summed E-state index contributed by atoms with van der Waals surface area (Å²) in [4.78, 5) is 11.2. The number of rotatable bonds is 13. The van der Waals surface area contributed by atoms with Crippen LogP contribution in [0.25, 0.3) is 0 Å². The summed E-state index contributed by atoms with van der Waals surface area (Å²) >= 11 is 5.47. The Morgan fingerprint density at radius 3 is 2.00 bits per heavy atom. The van der Waals surface area contributed by atoms with Gasteiger partial charge in [-0.05, 0) is 19.3 Å². The molecular formula is C16H31ClO2. The average Bonchev–Trinajstić information content (AvgIpc) is 2.41.